The summed E-state index contributed by atoms with van der Waals surface area (Å²) in [5.74, 6) is 0. The Kier molecular flexibility index (Phi) is 0.860. The normalized spacial score (nSPS) is 23.1. The standard InChI is InChI=1S/6FH.Zr/h6*1H;/q;;;;;;+4/p-4. The van der Waals surface area contributed by atoms with Crippen molar-refractivity contribution < 1.29 is 39.6 Å². The third kappa shape index (κ3) is 600. The van der Waals surface area contributed by atoms with Crippen LogP contribution in [0.25, 0.3) is 0 Å². The second-order valence-electron chi connectivity index (χ2n) is 1.07. The first-order chi connectivity index (χ1) is 2.45. The molecule has 0 saturated carbocycles. The van der Waals surface area contributed by atoms with Gasteiger partial charge >= 0.3 is 39.6 Å². The van der Waals surface area contributed by atoms with E-state index < -0.39 is 21.0 Å². The van der Waals surface area contributed by atoms with Gasteiger partial charge in [0.1, 0.15) is 0 Å². The zero-order chi connectivity index (χ0) is 6.41. The van der Waals surface area contributed by atoms with E-state index in [4.69, 9.17) is 0 Å². The molecular formula is H2F6Zr. The Hall–Kier alpha value is 0.463. The Morgan fingerprint density at radius 3 is 0.714 bits per heavy atom. The minimum atomic E-state index is -11.3. The average molecular weight is 207 g/mol. The first kappa shape index (κ1) is 7.46. The van der Waals surface area contributed by atoms with Crippen molar-refractivity contribution in [2.24, 2.45) is 0 Å². The second kappa shape index (κ2) is 0.807. The Bertz CT molecular complexity index is 69.6. The molecule has 0 nitrogen and oxygen atoms in total. The first-order valence-electron chi connectivity index (χ1n) is 1.13. The average Bonchev–Trinajstić information content (AvgIpc) is 0.592. The summed E-state index contributed by atoms with van der Waals surface area (Å²) < 4.78 is 59.6. The monoisotopic (exact) mass is 206 g/mol. The summed E-state index contributed by atoms with van der Waals surface area (Å²) >= 11 is -11.3. The van der Waals surface area contributed by atoms with Crippen molar-refractivity contribution in [2.45, 2.75) is 0 Å². The molecule has 0 aromatic carbocycles. The Morgan fingerprint density at radius 1 is 0.714 bits per heavy atom. The van der Waals surface area contributed by atoms with Crippen LogP contribution in [-0.4, -0.2) is 0 Å². The van der Waals surface area contributed by atoms with Gasteiger partial charge in [0.25, 0.3) is 0 Å². The molecule has 0 unspecified atom stereocenters. The van der Waals surface area contributed by atoms with E-state index in [0.29, 0.717) is 0 Å². The van der Waals surface area contributed by atoms with Crippen LogP contribution in [0.1, 0.15) is 2.85 Å². The quantitative estimate of drug-likeness (QED) is 0.536. The van der Waals surface area contributed by atoms with Gasteiger partial charge in [-0.3, -0.25) is 0 Å². The van der Waals surface area contributed by atoms with Crippen LogP contribution in [0.5, 0.6) is 0 Å². The molecule has 0 aliphatic rings. The SMILES string of the molecule is [F][Zr-2]([F])([F])([F])([F])[F].[H+].[H+]. The number of hydrogen-bond donors (Lipinski definition) is 0. The summed E-state index contributed by atoms with van der Waals surface area (Å²) in [6.07, 6.45) is 0. The summed E-state index contributed by atoms with van der Waals surface area (Å²) in [6.45, 7) is 0. The molecule has 0 aliphatic carbocycles. The molecule has 0 radical (unpaired) electrons. The molecule has 0 N–H and O–H groups in total. The number of hydrogen-bond acceptors (Lipinski definition) is 0. The smallest absolute Gasteiger partial charge is 1.00 e. The van der Waals surface area contributed by atoms with Crippen molar-refractivity contribution >= 4 is 0 Å². The molecule has 0 amide bonds. The van der Waals surface area contributed by atoms with Gasteiger partial charge < -0.3 is 0 Å². The van der Waals surface area contributed by atoms with Crippen molar-refractivity contribution in [3.63, 3.8) is 0 Å². The van der Waals surface area contributed by atoms with Crippen molar-refractivity contribution in [2.75, 3.05) is 0 Å². The van der Waals surface area contributed by atoms with Crippen LogP contribution in [0.4, 0.5) is 15.8 Å². The Balaban J connectivity index is -0.000000180. The van der Waals surface area contributed by atoms with Crippen LogP contribution in [0.15, 0.2) is 0 Å². The summed E-state index contributed by atoms with van der Waals surface area (Å²) in [6, 6.07) is 0. The maximum absolute atomic E-state index is 11.3. The molecule has 0 atom stereocenters. The van der Waals surface area contributed by atoms with E-state index in [1.807, 2.05) is 0 Å². The van der Waals surface area contributed by atoms with Gasteiger partial charge in [-0.1, -0.05) is 0 Å². The van der Waals surface area contributed by atoms with Gasteiger partial charge in [0.2, 0.25) is 0 Å². The molecule has 7 heavy (non-hydrogen) atoms. The molecular weight excluding hydrogens is 205 g/mol. The summed E-state index contributed by atoms with van der Waals surface area (Å²) in [5.41, 5.74) is 0. The summed E-state index contributed by atoms with van der Waals surface area (Å²) in [5, 5.41) is 0. The van der Waals surface area contributed by atoms with Crippen LogP contribution >= 0.6 is 0 Å². The van der Waals surface area contributed by atoms with Gasteiger partial charge in [-0.05, 0) is 0 Å². The van der Waals surface area contributed by atoms with E-state index in [2.05, 4.69) is 0 Å². The Labute approximate surface area is 40.2 Å². The minimum Gasteiger partial charge on any atom is 1.00 e. The van der Waals surface area contributed by atoms with Crippen molar-refractivity contribution in [1.29, 1.82) is 0 Å². The van der Waals surface area contributed by atoms with Gasteiger partial charge in [-0.15, -0.1) is 0 Å². The van der Waals surface area contributed by atoms with Gasteiger partial charge in [-0.25, -0.2) is 0 Å². The summed E-state index contributed by atoms with van der Waals surface area (Å²) in [4.78, 5) is 0. The molecule has 0 rings (SSSR count). The molecule has 0 bridgehead atoms. The molecule has 0 aliphatic heterocycles. The first-order valence-corrected chi connectivity index (χ1v) is 6.71. The zero-order valence-corrected chi connectivity index (χ0v) is 5.23. The molecule has 0 aromatic rings. The van der Waals surface area contributed by atoms with Crippen molar-refractivity contribution in [3.05, 3.63) is 0 Å². The van der Waals surface area contributed by atoms with E-state index >= 15 is 0 Å². The van der Waals surface area contributed by atoms with Crippen LogP contribution in [0.3, 0.4) is 0 Å². The second-order valence-corrected chi connectivity index (χ2v) is 6.34. The van der Waals surface area contributed by atoms with Crippen LogP contribution in [-0.2, 0) is 21.0 Å². The fraction of sp³-hybridized carbons (Fsp3) is 0. The maximum Gasteiger partial charge on any atom is 1.00 e. The molecule has 0 fully saturated rings. The van der Waals surface area contributed by atoms with E-state index in [1.54, 1.807) is 0 Å². The zero-order valence-electron chi connectivity index (χ0n) is 4.77. The molecule has 48 valence electrons. The predicted octanol–water partition coefficient (Wildman–Crippen LogP) is 2.74. The van der Waals surface area contributed by atoms with Crippen LogP contribution in [0, 0.1) is 0 Å². The molecule has 0 spiro atoms. The minimum absolute atomic E-state index is 0. The fourth-order valence-corrected chi connectivity index (χ4v) is 0. The fourth-order valence-electron chi connectivity index (χ4n) is 0. The van der Waals surface area contributed by atoms with E-state index in [9.17, 15) is 15.8 Å². The Morgan fingerprint density at radius 2 is 0.714 bits per heavy atom. The van der Waals surface area contributed by atoms with E-state index in [-0.39, 0.29) is 2.85 Å². The van der Waals surface area contributed by atoms with Gasteiger partial charge in [0, 0.05) is 0 Å². The van der Waals surface area contributed by atoms with Crippen molar-refractivity contribution in [1.82, 2.24) is 0 Å². The number of rotatable bonds is 0. The topological polar surface area (TPSA) is 0 Å². The van der Waals surface area contributed by atoms with Crippen LogP contribution in [0.2, 0.25) is 0 Å². The van der Waals surface area contributed by atoms with Gasteiger partial charge in [-0.2, -0.15) is 0 Å². The van der Waals surface area contributed by atoms with E-state index in [1.165, 1.54) is 0 Å². The van der Waals surface area contributed by atoms with Gasteiger partial charge in [0.15, 0.2) is 0 Å². The molecule has 7 heteroatoms. The third-order valence-corrected chi connectivity index (χ3v) is 0. The van der Waals surface area contributed by atoms with Crippen molar-refractivity contribution in [3.8, 4) is 0 Å². The molecule has 0 aromatic heterocycles. The third-order valence-electron chi connectivity index (χ3n) is 0. The van der Waals surface area contributed by atoms with E-state index in [0.717, 1.165) is 0 Å². The summed E-state index contributed by atoms with van der Waals surface area (Å²) in [7, 11) is 0. The number of halogens is 6. The van der Waals surface area contributed by atoms with Gasteiger partial charge in [0.05, 0.1) is 0 Å². The molecule has 0 heterocycles. The predicted molar refractivity (Wildman–Crippen MR) is 8.87 cm³/mol. The largest absolute Gasteiger partial charge is 1.00 e. The van der Waals surface area contributed by atoms with Crippen LogP contribution < -0.4 is 0 Å². The molecule has 0 saturated heterocycles. The maximum atomic E-state index is 9.93.